The average Bonchev–Trinajstić information content (AvgIpc) is 3.05. The molecule has 0 saturated carbocycles. The molecule has 2 heterocycles. The zero-order valence-corrected chi connectivity index (χ0v) is 12.3. The number of fused-ring (bicyclic) bond motifs is 1. The molecule has 0 aliphatic rings. The quantitative estimate of drug-likeness (QED) is 0.777. The van der Waals surface area contributed by atoms with E-state index in [1.54, 1.807) is 0 Å². The lowest BCUT2D eigenvalue weighted by molar-refractivity contribution is 0.101. The molecule has 2 aromatic heterocycles. The number of halogens is 1. The van der Waals surface area contributed by atoms with Crippen molar-refractivity contribution in [3.05, 3.63) is 34.5 Å². The van der Waals surface area contributed by atoms with Crippen LogP contribution < -0.4 is 5.32 Å². The van der Waals surface area contributed by atoms with E-state index in [-0.39, 0.29) is 11.9 Å². The number of aromatic nitrogens is 5. The summed E-state index contributed by atoms with van der Waals surface area (Å²) in [5, 5.41) is 17.4. The maximum absolute atomic E-state index is 12.5. The molecule has 3 rings (SSSR count). The lowest BCUT2D eigenvalue weighted by Crippen LogP contribution is -2.18. The van der Waals surface area contributed by atoms with Gasteiger partial charge in [0.05, 0.1) is 0 Å². The van der Waals surface area contributed by atoms with Crippen LogP contribution in [0.5, 0.6) is 0 Å². The molecule has 0 atom stereocenters. The first kappa shape index (κ1) is 13.6. The monoisotopic (exact) mass is 304 g/mol. The van der Waals surface area contributed by atoms with Crippen molar-refractivity contribution in [3.63, 3.8) is 0 Å². The van der Waals surface area contributed by atoms with Gasteiger partial charge < -0.3 is 4.57 Å². The van der Waals surface area contributed by atoms with Gasteiger partial charge in [0, 0.05) is 22.5 Å². The number of anilines is 1. The second kappa shape index (κ2) is 5.17. The minimum atomic E-state index is -0.275. The molecule has 0 saturated heterocycles. The summed E-state index contributed by atoms with van der Waals surface area (Å²) < 4.78 is 1.94. The number of hydrogen-bond donors (Lipinski definition) is 2. The summed E-state index contributed by atoms with van der Waals surface area (Å²) in [5.41, 5.74) is 2.41. The van der Waals surface area contributed by atoms with Gasteiger partial charge in [0.25, 0.3) is 11.9 Å². The lowest BCUT2D eigenvalue weighted by atomic mass is 10.1. The van der Waals surface area contributed by atoms with E-state index in [0.717, 1.165) is 16.5 Å². The third-order valence-electron chi connectivity index (χ3n) is 3.38. The molecule has 1 aromatic carbocycles. The SMILES string of the molecule is CCn1c(C(=O)Nc2nn[nH]n2)c(C)c2cc(Cl)ccc21. The average molecular weight is 305 g/mol. The molecule has 0 bridgehead atoms. The van der Waals surface area contributed by atoms with E-state index in [4.69, 9.17) is 11.6 Å². The summed E-state index contributed by atoms with van der Waals surface area (Å²) in [4.78, 5) is 12.5. The zero-order valence-electron chi connectivity index (χ0n) is 11.5. The van der Waals surface area contributed by atoms with Gasteiger partial charge in [0.2, 0.25) is 0 Å². The summed E-state index contributed by atoms with van der Waals surface area (Å²) in [6, 6.07) is 5.60. The van der Waals surface area contributed by atoms with E-state index in [2.05, 4.69) is 25.9 Å². The highest BCUT2D eigenvalue weighted by Gasteiger charge is 2.20. The highest BCUT2D eigenvalue weighted by molar-refractivity contribution is 6.31. The summed E-state index contributed by atoms with van der Waals surface area (Å²) in [6.45, 7) is 4.55. The van der Waals surface area contributed by atoms with Gasteiger partial charge in [-0.15, -0.1) is 5.10 Å². The molecule has 0 radical (unpaired) electrons. The fourth-order valence-electron chi connectivity index (χ4n) is 2.49. The second-order valence-corrected chi connectivity index (χ2v) is 5.01. The molecule has 108 valence electrons. The molecule has 7 nitrogen and oxygen atoms in total. The molecule has 0 spiro atoms. The summed E-state index contributed by atoms with van der Waals surface area (Å²) >= 11 is 6.05. The highest BCUT2D eigenvalue weighted by atomic mass is 35.5. The topological polar surface area (TPSA) is 88.5 Å². The Morgan fingerprint density at radius 2 is 2.29 bits per heavy atom. The minimum Gasteiger partial charge on any atom is -0.337 e. The van der Waals surface area contributed by atoms with Crippen molar-refractivity contribution < 1.29 is 4.79 Å². The summed E-state index contributed by atoms with van der Waals surface area (Å²) in [7, 11) is 0. The van der Waals surface area contributed by atoms with Crippen molar-refractivity contribution >= 4 is 34.4 Å². The first-order valence-electron chi connectivity index (χ1n) is 6.45. The van der Waals surface area contributed by atoms with Crippen molar-refractivity contribution in [2.24, 2.45) is 0 Å². The maximum Gasteiger partial charge on any atom is 0.275 e. The molecule has 0 aliphatic carbocycles. The predicted octanol–water partition coefficient (Wildman–Crippen LogP) is 2.39. The number of amides is 1. The fourth-order valence-corrected chi connectivity index (χ4v) is 2.66. The first-order chi connectivity index (χ1) is 10.1. The Bertz CT molecular complexity index is 808. The molecule has 0 aliphatic heterocycles. The zero-order chi connectivity index (χ0) is 15.0. The van der Waals surface area contributed by atoms with Crippen molar-refractivity contribution in [3.8, 4) is 0 Å². The number of H-pyrrole nitrogens is 1. The molecule has 3 aromatic rings. The molecule has 0 unspecified atom stereocenters. The van der Waals surface area contributed by atoms with Gasteiger partial charge in [-0.1, -0.05) is 16.7 Å². The smallest absolute Gasteiger partial charge is 0.275 e. The van der Waals surface area contributed by atoms with Gasteiger partial charge in [-0.25, -0.2) is 0 Å². The molecule has 2 N–H and O–H groups in total. The number of carbonyl (C=O) groups excluding carboxylic acids is 1. The van der Waals surface area contributed by atoms with Crippen LogP contribution in [-0.2, 0) is 6.54 Å². The fraction of sp³-hybridized carbons (Fsp3) is 0.231. The van der Waals surface area contributed by atoms with E-state index in [1.807, 2.05) is 36.6 Å². The standard InChI is InChI=1S/C13H13ClN6O/c1-3-20-10-5-4-8(14)6-9(10)7(2)11(20)12(21)15-13-16-18-19-17-13/h4-6H,3H2,1-2H3,(H2,15,16,17,18,19,21). The van der Waals surface area contributed by atoms with E-state index in [1.165, 1.54) is 0 Å². The Morgan fingerprint density at radius 1 is 1.48 bits per heavy atom. The van der Waals surface area contributed by atoms with Gasteiger partial charge in [0.15, 0.2) is 0 Å². The molecule has 0 fully saturated rings. The number of aryl methyl sites for hydroxylation is 2. The number of rotatable bonds is 3. The Balaban J connectivity index is 2.12. The van der Waals surface area contributed by atoms with Crippen LogP contribution in [0.4, 0.5) is 5.95 Å². The Kier molecular flexibility index (Phi) is 3.34. The Labute approximate surface area is 125 Å². The van der Waals surface area contributed by atoms with Gasteiger partial charge in [0.1, 0.15) is 5.69 Å². The molecular formula is C13H13ClN6O. The normalized spacial score (nSPS) is 11.0. The van der Waals surface area contributed by atoms with Crippen LogP contribution in [0.2, 0.25) is 5.02 Å². The van der Waals surface area contributed by atoms with Crippen molar-refractivity contribution in [2.75, 3.05) is 5.32 Å². The summed E-state index contributed by atoms with van der Waals surface area (Å²) in [6.07, 6.45) is 0. The van der Waals surface area contributed by atoms with E-state index in [9.17, 15) is 4.79 Å². The van der Waals surface area contributed by atoms with Crippen molar-refractivity contribution in [1.29, 1.82) is 0 Å². The van der Waals surface area contributed by atoms with Crippen LogP contribution >= 0.6 is 11.6 Å². The third kappa shape index (κ3) is 2.25. The number of hydrogen-bond acceptors (Lipinski definition) is 4. The van der Waals surface area contributed by atoms with Gasteiger partial charge in [-0.3, -0.25) is 10.1 Å². The summed E-state index contributed by atoms with van der Waals surface area (Å²) in [5.74, 6) is -0.131. The van der Waals surface area contributed by atoms with E-state index >= 15 is 0 Å². The van der Waals surface area contributed by atoms with Crippen LogP contribution in [0.1, 0.15) is 23.0 Å². The molecule has 8 heteroatoms. The third-order valence-corrected chi connectivity index (χ3v) is 3.62. The predicted molar refractivity (Wildman–Crippen MR) is 79.5 cm³/mol. The van der Waals surface area contributed by atoms with Crippen LogP contribution in [0.15, 0.2) is 18.2 Å². The Morgan fingerprint density at radius 3 is 2.95 bits per heavy atom. The number of benzene rings is 1. The lowest BCUT2D eigenvalue weighted by Gasteiger charge is -2.07. The van der Waals surface area contributed by atoms with Gasteiger partial charge >= 0.3 is 0 Å². The van der Waals surface area contributed by atoms with Gasteiger partial charge in [-0.2, -0.15) is 5.21 Å². The van der Waals surface area contributed by atoms with Gasteiger partial charge in [-0.05, 0) is 42.8 Å². The number of nitrogens with zero attached hydrogens (tertiary/aromatic N) is 4. The first-order valence-corrected chi connectivity index (χ1v) is 6.82. The maximum atomic E-state index is 12.5. The van der Waals surface area contributed by atoms with E-state index < -0.39 is 0 Å². The van der Waals surface area contributed by atoms with Crippen molar-refractivity contribution in [1.82, 2.24) is 25.2 Å². The minimum absolute atomic E-state index is 0.144. The second-order valence-electron chi connectivity index (χ2n) is 4.57. The number of aromatic amines is 1. The Hall–Kier alpha value is -2.41. The molecular weight excluding hydrogens is 292 g/mol. The van der Waals surface area contributed by atoms with Crippen LogP contribution in [-0.4, -0.2) is 31.1 Å². The molecule has 21 heavy (non-hydrogen) atoms. The largest absolute Gasteiger partial charge is 0.337 e. The molecule has 1 amide bonds. The van der Waals surface area contributed by atoms with Crippen molar-refractivity contribution in [2.45, 2.75) is 20.4 Å². The van der Waals surface area contributed by atoms with Crippen LogP contribution in [0.25, 0.3) is 10.9 Å². The highest BCUT2D eigenvalue weighted by Crippen LogP contribution is 2.28. The van der Waals surface area contributed by atoms with E-state index in [0.29, 0.717) is 17.3 Å². The van der Waals surface area contributed by atoms with Crippen LogP contribution in [0.3, 0.4) is 0 Å². The number of tetrazole rings is 1. The number of nitrogens with one attached hydrogen (secondary N) is 2. The number of carbonyl (C=O) groups is 1. The van der Waals surface area contributed by atoms with Crippen LogP contribution in [0, 0.1) is 6.92 Å².